The van der Waals surface area contributed by atoms with E-state index in [1.54, 1.807) is 0 Å². The van der Waals surface area contributed by atoms with Crippen LogP contribution in [0.2, 0.25) is 0 Å². The first-order chi connectivity index (χ1) is 8.58. The van der Waals surface area contributed by atoms with Crippen LogP contribution in [0.4, 0.5) is 0 Å². The normalized spacial score (nSPS) is 19.4. The maximum absolute atomic E-state index is 12.2. The Hall–Kier alpha value is -1.19. The summed E-state index contributed by atoms with van der Waals surface area (Å²) in [5, 5.41) is 0. The molecule has 1 aromatic carbocycles. The number of rotatable bonds is 4. The van der Waals surface area contributed by atoms with Gasteiger partial charge in [0, 0.05) is 18.2 Å². The summed E-state index contributed by atoms with van der Waals surface area (Å²) in [6.07, 6.45) is 1.02. The Balaban J connectivity index is 2.00. The summed E-state index contributed by atoms with van der Waals surface area (Å²) < 4.78 is 5.35. The molecule has 98 valence electrons. The summed E-state index contributed by atoms with van der Waals surface area (Å²) in [6, 6.07) is 6.31. The summed E-state index contributed by atoms with van der Waals surface area (Å²) in [5.74, 6) is 0.188. The Morgan fingerprint density at radius 3 is 2.78 bits per heavy atom. The highest BCUT2D eigenvalue weighted by Gasteiger charge is 2.22. The third-order valence-electron chi connectivity index (χ3n) is 3.75. The number of hydrogen-bond donors (Lipinski definition) is 0. The molecule has 1 heterocycles. The Morgan fingerprint density at radius 1 is 1.39 bits per heavy atom. The molecule has 1 aliphatic rings. The van der Waals surface area contributed by atoms with E-state index in [1.165, 1.54) is 11.1 Å². The SMILES string of the molecule is Cc1ccc(C(=O)CN(C)C2CCOC2)cc1C. The van der Waals surface area contributed by atoms with Crippen molar-refractivity contribution >= 4 is 5.78 Å². The highest BCUT2D eigenvalue weighted by Crippen LogP contribution is 2.14. The average Bonchev–Trinajstić information content (AvgIpc) is 2.86. The molecule has 3 nitrogen and oxygen atoms in total. The fourth-order valence-electron chi connectivity index (χ4n) is 2.23. The molecule has 1 unspecified atom stereocenters. The molecule has 0 amide bonds. The van der Waals surface area contributed by atoms with Gasteiger partial charge in [-0.15, -0.1) is 0 Å². The summed E-state index contributed by atoms with van der Waals surface area (Å²) in [7, 11) is 2.00. The lowest BCUT2D eigenvalue weighted by Gasteiger charge is -2.21. The van der Waals surface area contributed by atoms with Gasteiger partial charge in [0.2, 0.25) is 0 Å². The van der Waals surface area contributed by atoms with Crippen molar-refractivity contribution in [3.8, 4) is 0 Å². The summed E-state index contributed by atoms with van der Waals surface area (Å²) >= 11 is 0. The maximum atomic E-state index is 12.2. The van der Waals surface area contributed by atoms with Gasteiger partial charge in [-0.05, 0) is 44.5 Å². The zero-order valence-electron chi connectivity index (χ0n) is 11.4. The number of ketones is 1. The van der Waals surface area contributed by atoms with Crippen LogP contribution in [0.25, 0.3) is 0 Å². The number of ether oxygens (including phenoxy) is 1. The fraction of sp³-hybridized carbons (Fsp3) is 0.533. The standard InChI is InChI=1S/C15H21NO2/c1-11-4-5-13(8-12(11)2)15(17)9-16(3)14-6-7-18-10-14/h4-5,8,14H,6-7,9-10H2,1-3H3. The first-order valence-corrected chi connectivity index (χ1v) is 6.46. The van der Waals surface area contributed by atoms with Gasteiger partial charge < -0.3 is 4.74 Å². The predicted molar refractivity (Wildman–Crippen MR) is 72.1 cm³/mol. The molecular weight excluding hydrogens is 226 g/mol. The topological polar surface area (TPSA) is 29.5 Å². The molecule has 0 spiro atoms. The van der Waals surface area contributed by atoms with Crippen molar-refractivity contribution in [3.05, 3.63) is 34.9 Å². The number of carbonyl (C=O) groups excluding carboxylic acids is 1. The minimum absolute atomic E-state index is 0.188. The van der Waals surface area contributed by atoms with E-state index in [9.17, 15) is 4.79 Å². The molecule has 1 atom stereocenters. The van der Waals surface area contributed by atoms with Crippen molar-refractivity contribution in [1.29, 1.82) is 0 Å². The van der Waals surface area contributed by atoms with E-state index in [0.717, 1.165) is 25.2 Å². The van der Waals surface area contributed by atoms with Crippen LogP contribution in [0.5, 0.6) is 0 Å². The Bertz CT molecular complexity index is 436. The molecule has 1 aromatic rings. The molecule has 2 rings (SSSR count). The van der Waals surface area contributed by atoms with Crippen molar-refractivity contribution in [2.45, 2.75) is 26.3 Å². The van der Waals surface area contributed by atoms with Crippen LogP contribution >= 0.6 is 0 Å². The second-order valence-corrected chi connectivity index (χ2v) is 5.15. The lowest BCUT2D eigenvalue weighted by molar-refractivity contribution is 0.0907. The number of hydrogen-bond acceptors (Lipinski definition) is 3. The largest absolute Gasteiger partial charge is 0.380 e. The molecule has 0 bridgehead atoms. The van der Waals surface area contributed by atoms with Gasteiger partial charge in [0.1, 0.15) is 0 Å². The van der Waals surface area contributed by atoms with Gasteiger partial charge in [0.25, 0.3) is 0 Å². The second kappa shape index (κ2) is 5.63. The second-order valence-electron chi connectivity index (χ2n) is 5.15. The van der Waals surface area contributed by atoms with E-state index in [1.807, 2.05) is 32.2 Å². The van der Waals surface area contributed by atoms with Gasteiger partial charge in [-0.1, -0.05) is 12.1 Å². The molecule has 0 aliphatic carbocycles. The van der Waals surface area contributed by atoms with Crippen LogP contribution in [0.3, 0.4) is 0 Å². The number of nitrogens with zero attached hydrogens (tertiary/aromatic N) is 1. The van der Waals surface area contributed by atoms with E-state index in [-0.39, 0.29) is 5.78 Å². The molecule has 1 aliphatic heterocycles. The van der Waals surface area contributed by atoms with Crippen molar-refractivity contribution in [2.75, 3.05) is 26.8 Å². The van der Waals surface area contributed by atoms with Crippen molar-refractivity contribution in [1.82, 2.24) is 4.90 Å². The van der Waals surface area contributed by atoms with E-state index < -0.39 is 0 Å². The van der Waals surface area contributed by atoms with E-state index in [2.05, 4.69) is 11.8 Å². The first-order valence-electron chi connectivity index (χ1n) is 6.46. The van der Waals surface area contributed by atoms with E-state index >= 15 is 0 Å². The van der Waals surface area contributed by atoms with Crippen molar-refractivity contribution in [2.24, 2.45) is 0 Å². The van der Waals surface area contributed by atoms with Crippen LogP contribution in [0.15, 0.2) is 18.2 Å². The van der Waals surface area contributed by atoms with Crippen LogP contribution in [0.1, 0.15) is 27.9 Å². The van der Waals surface area contributed by atoms with Gasteiger partial charge in [-0.25, -0.2) is 0 Å². The smallest absolute Gasteiger partial charge is 0.176 e. The molecule has 1 fully saturated rings. The average molecular weight is 247 g/mol. The summed E-state index contributed by atoms with van der Waals surface area (Å²) in [4.78, 5) is 14.3. The van der Waals surface area contributed by atoms with Gasteiger partial charge in [-0.2, -0.15) is 0 Å². The third kappa shape index (κ3) is 2.98. The lowest BCUT2D eigenvalue weighted by Crippen LogP contribution is -2.36. The van der Waals surface area contributed by atoms with Gasteiger partial charge in [0.05, 0.1) is 13.2 Å². The van der Waals surface area contributed by atoms with Crippen LogP contribution in [-0.2, 0) is 4.74 Å². The zero-order chi connectivity index (χ0) is 13.1. The van der Waals surface area contributed by atoms with Crippen molar-refractivity contribution < 1.29 is 9.53 Å². The molecular formula is C15H21NO2. The lowest BCUT2D eigenvalue weighted by atomic mass is 10.0. The fourth-order valence-corrected chi connectivity index (χ4v) is 2.23. The van der Waals surface area contributed by atoms with Gasteiger partial charge >= 0.3 is 0 Å². The molecule has 1 saturated heterocycles. The third-order valence-corrected chi connectivity index (χ3v) is 3.75. The maximum Gasteiger partial charge on any atom is 0.176 e. The van der Waals surface area contributed by atoms with E-state index in [0.29, 0.717) is 12.6 Å². The van der Waals surface area contributed by atoms with Crippen LogP contribution < -0.4 is 0 Å². The molecule has 0 aromatic heterocycles. The minimum Gasteiger partial charge on any atom is -0.380 e. The van der Waals surface area contributed by atoms with Crippen LogP contribution in [-0.4, -0.2) is 43.5 Å². The molecule has 18 heavy (non-hydrogen) atoms. The van der Waals surface area contributed by atoms with Gasteiger partial charge in [-0.3, -0.25) is 9.69 Å². The Labute approximate surface area is 109 Å². The zero-order valence-corrected chi connectivity index (χ0v) is 11.4. The number of benzene rings is 1. The number of Topliss-reactive ketones (excluding diaryl/α,β-unsaturated/α-hetero) is 1. The van der Waals surface area contributed by atoms with Gasteiger partial charge in [0.15, 0.2) is 5.78 Å². The quantitative estimate of drug-likeness (QED) is 0.764. The number of carbonyl (C=O) groups is 1. The van der Waals surface area contributed by atoms with Crippen molar-refractivity contribution in [3.63, 3.8) is 0 Å². The Morgan fingerprint density at radius 2 is 2.17 bits per heavy atom. The highest BCUT2D eigenvalue weighted by molar-refractivity contribution is 5.97. The number of aryl methyl sites for hydroxylation is 2. The summed E-state index contributed by atoms with van der Waals surface area (Å²) in [6.45, 7) is 6.13. The molecule has 3 heteroatoms. The molecule has 0 radical (unpaired) electrons. The Kier molecular flexibility index (Phi) is 4.15. The van der Waals surface area contributed by atoms with Crippen LogP contribution in [0, 0.1) is 13.8 Å². The first kappa shape index (κ1) is 13.2. The van der Waals surface area contributed by atoms with E-state index in [4.69, 9.17) is 4.74 Å². The minimum atomic E-state index is 0.188. The summed E-state index contributed by atoms with van der Waals surface area (Å²) in [5.41, 5.74) is 3.21. The monoisotopic (exact) mass is 247 g/mol. The molecule has 0 N–H and O–H groups in total. The predicted octanol–water partition coefficient (Wildman–Crippen LogP) is 2.21. The molecule has 0 saturated carbocycles. The number of likely N-dealkylation sites (N-methyl/N-ethyl adjacent to an activating group) is 1. The highest BCUT2D eigenvalue weighted by atomic mass is 16.5.